The second-order valence-electron chi connectivity index (χ2n) is 11.4. The van der Waals surface area contributed by atoms with Gasteiger partial charge >= 0.3 is 0 Å². The van der Waals surface area contributed by atoms with Crippen LogP contribution in [0, 0.1) is 29.0 Å². The van der Waals surface area contributed by atoms with Crippen LogP contribution < -0.4 is 10.1 Å². The molecule has 1 amide bonds. The van der Waals surface area contributed by atoms with E-state index < -0.39 is 5.82 Å². The summed E-state index contributed by atoms with van der Waals surface area (Å²) in [6.45, 7) is 2.81. The number of ether oxygens (including phenoxy) is 1. The molecule has 0 unspecified atom stereocenters. The van der Waals surface area contributed by atoms with E-state index in [0.29, 0.717) is 17.1 Å². The van der Waals surface area contributed by atoms with Crippen molar-refractivity contribution >= 4 is 5.91 Å². The first kappa shape index (κ1) is 19.1. The Hall–Kier alpha value is -1.58. The standard InChI is InChI=1S/C26H34FNO2/c1-2-26(5-6-26)28-24(29)21-10-20(19-3-4-19)23(11-22(21)27)30-15-25-12-16-7-17(13-25)9-18(8-16)14-25/h10-11,16-19H,2-9,12-15H2,1H3,(H,28,29). The van der Waals surface area contributed by atoms with E-state index in [1.165, 1.54) is 44.6 Å². The molecule has 6 aliphatic carbocycles. The number of hydrogen-bond acceptors (Lipinski definition) is 2. The molecule has 30 heavy (non-hydrogen) atoms. The summed E-state index contributed by atoms with van der Waals surface area (Å²) >= 11 is 0. The minimum absolute atomic E-state index is 0.100. The summed E-state index contributed by atoms with van der Waals surface area (Å²) in [4.78, 5) is 12.8. The normalized spacial score (nSPS) is 35.3. The van der Waals surface area contributed by atoms with Crippen molar-refractivity contribution in [3.8, 4) is 5.75 Å². The molecule has 0 spiro atoms. The highest BCUT2D eigenvalue weighted by Gasteiger charge is 2.51. The van der Waals surface area contributed by atoms with Crippen LogP contribution in [0.25, 0.3) is 0 Å². The van der Waals surface area contributed by atoms with Crippen molar-refractivity contribution in [2.75, 3.05) is 6.61 Å². The number of benzene rings is 1. The van der Waals surface area contributed by atoms with Crippen LogP contribution in [-0.4, -0.2) is 18.1 Å². The summed E-state index contributed by atoms with van der Waals surface area (Å²) < 4.78 is 21.4. The largest absolute Gasteiger partial charge is 0.493 e. The first-order chi connectivity index (χ1) is 14.5. The summed E-state index contributed by atoms with van der Waals surface area (Å²) in [7, 11) is 0. The van der Waals surface area contributed by atoms with E-state index in [1.807, 2.05) is 0 Å². The van der Waals surface area contributed by atoms with Crippen molar-refractivity contribution in [2.45, 2.75) is 89.0 Å². The van der Waals surface area contributed by atoms with E-state index >= 15 is 4.39 Å². The average Bonchev–Trinajstić information content (AvgIpc) is 3.61. The van der Waals surface area contributed by atoms with Crippen LogP contribution >= 0.6 is 0 Å². The predicted molar refractivity (Wildman–Crippen MR) is 114 cm³/mol. The minimum Gasteiger partial charge on any atom is -0.493 e. The molecule has 0 aromatic heterocycles. The molecule has 162 valence electrons. The van der Waals surface area contributed by atoms with Crippen LogP contribution in [0.4, 0.5) is 4.39 Å². The Labute approximate surface area is 179 Å². The van der Waals surface area contributed by atoms with Gasteiger partial charge in [0.2, 0.25) is 0 Å². The van der Waals surface area contributed by atoms with Gasteiger partial charge in [-0.2, -0.15) is 0 Å². The number of carbonyl (C=O) groups is 1. The van der Waals surface area contributed by atoms with E-state index in [4.69, 9.17) is 4.74 Å². The Bertz CT molecular complexity index is 835. The van der Waals surface area contributed by atoms with Crippen LogP contribution in [-0.2, 0) is 0 Å². The molecule has 3 nitrogen and oxygen atoms in total. The fraction of sp³-hybridized carbons (Fsp3) is 0.731. The number of nitrogens with one attached hydrogen (secondary N) is 1. The third kappa shape index (κ3) is 3.35. The van der Waals surface area contributed by atoms with E-state index in [2.05, 4.69) is 12.2 Å². The van der Waals surface area contributed by atoms with Crippen LogP contribution in [0.5, 0.6) is 5.75 Å². The molecular formula is C26H34FNO2. The Balaban J connectivity index is 1.22. The number of rotatable bonds is 7. The number of carbonyl (C=O) groups excluding carboxylic acids is 1. The van der Waals surface area contributed by atoms with Gasteiger partial charge in [-0.3, -0.25) is 4.79 Å². The molecule has 0 atom stereocenters. The molecule has 4 bridgehead atoms. The maximum absolute atomic E-state index is 15.0. The molecule has 6 saturated carbocycles. The molecule has 0 aliphatic heterocycles. The molecule has 6 fully saturated rings. The van der Waals surface area contributed by atoms with Crippen LogP contribution in [0.3, 0.4) is 0 Å². The van der Waals surface area contributed by atoms with Crippen molar-refractivity contribution in [3.63, 3.8) is 0 Å². The minimum atomic E-state index is -0.440. The summed E-state index contributed by atoms with van der Waals surface area (Å²) in [5.41, 5.74) is 1.45. The predicted octanol–water partition coefficient (Wildman–Crippen LogP) is 5.97. The molecule has 1 N–H and O–H groups in total. The first-order valence-corrected chi connectivity index (χ1v) is 12.3. The van der Waals surface area contributed by atoms with Crippen molar-refractivity contribution < 1.29 is 13.9 Å². The Kier molecular flexibility index (Phi) is 4.28. The third-order valence-corrected chi connectivity index (χ3v) is 8.97. The maximum atomic E-state index is 15.0. The quantitative estimate of drug-likeness (QED) is 0.600. The van der Waals surface area contributed by atoms with Crippen molar-refractivity contribution in [3.05, 3.63) is 29.1 Å². The van der Waals surface area contributed by atoms with Crippen molar-refractivity contribution in [2.24, 2.45) is 23.2 Å². The molecule has 1 aromatic carbocycles. The lowest BCUT2D eigenvalue weighted by Crippen LogP contribution is -2.48. The topological polar surface area (TPSA) is 38.3 Å². The van der Waals surface area contributed by atoms with Gasteiger partial charge in [0.15, 0.2) is 0 Å². The third-order valence-electron chi connectivity index (χ3n) is 8.97. The van der Waals surface area contributed by atoms with Crippen LogP contribution in [0.2, 0.25) is 0 Å². The molecule has 0 heterocycles. The zero-order chi connectivity index (χ0) is 20.5. The lowest BCUT2D eigenvalue weighted by atomic mass is 9.50. The highest BCUT2D eigenvalue weighted by molar-refractivity contribution is 5.95. The second-order valence-corrected chi connectivity index (χ2v) is 11.4. The fourth-order valence-corrected chi connectivity index (χ4v) is 7.31. The fourth-order valence-electron chi connectivity index (χ4n) is 7.31. The monoisotopic (exact) mass is 411 g/mol. The molecule has 4 heteroatoms. The van der Waals surface area contributed by atoms with Gasteiger partial charge in [0.05, 0.1) is 12.2 Å². The average molecular weight is 412 g/mol. The molecule has 6 aliphatic rings. The van der Waals surface area contributed by atoms with Crippen LogP contribution in [0.1, 0.15) is 99.4 Å². The van der Waals surface area contributed by atoms with Gasteiger partial charge in [-0.05, 0) is 106 Å². The zero-order valence-electron chi connectivity index (χ0n) is 18.1. The highest BCUT2D eigenvalue weighted by atomic mass is 19.1. The van der Waals surface area contributed by atoms with Gasteiger partial charge in [0.25, 0.3) is 5.91 Å². The van der Waals surface area contributed by atoms with E-state index in [-0.39, 0.29) is 17.0 Å². The Morgan fingerprint density at radius 3 is 2.27 bits per heavy atom. The van der Waals surface area contributed by atoms with E-state index in [0.717, 1.165) is 62.0 Å². The van der Waals surface area contributed by atoms with Crippen LogP contribution in [0.15, 0.2) is 12.1 Å². The SMILES string of the molecule is CCC1(NC(=O)c2cc(C3CC3)c(OCC34CC5CC(CC(C5)C3)C4)cc2F)CC1. The number of amides is 1. The van der Waals surface area contributed by atoms with Gasteiger partial charge in [-0.15, -0.1) is 0 Å². The summed E-state index contributed by atoms with van der Waals surface area (Å²) in [5.74, 6) is 3.07. The summed E-state index contributed by atoms with van der Waals surface area (Å²) in [6, 6.07) is 3.30. The molecule has 7 rings (SSSR count). The summed E-state index contributed by atoms with van der Waals surface area (Å²) in [6.07, 6.45) is 13.3. The lowest BCUT2D eigenvalue weighted by Gasteiger charge is -2.56. The Morgan fingerprint density at radius 1 is 1.10 bits per heavy atom. The molecule has 1 aromatic rings. The lowest BCUT2D eigenvalue weighted by molar-refractivity contribution is -0.0747. The maximum Gasteiger partial charge on any atom is 0.254 e. The molecule has 0 radical (unpaired) electrons. The van der Waals surface area contributed by atoms with Gasteiger partial charge in [0.1, 0.15) is 11.6 Å². The van der Waals surface area contributed by atoms with E-state index in [9.17, 15) is 4.79 Å². The van der Waals surface area contributed by atoms with Gasteiger partial charge in [0, 0.05) is 17.0 Å². The van der Waals surface area contributed by atoms with Crippen molar-refractivity contribution in [1.82, 2.24) is 5.32 Å². The van der Waals surface area contributed by atoms with Crippen molar-refractivity contribution in [1.29, 1.82) is 0 Å². The van der Waals surface area contributed by atoms with Gasteiger partial charge in [-0.25, -0.2) is 4.39 Å². The summed E-state index contributed by atoms with van der Waals surface area (Å²) in [5, 5.41) is 3.08. The van der Waals surface area contributed by atoms with Gasteiger partial charge < -0.3 is 10.1 Å². The number of halogens is 1. The van der Waals surface area contributed by atoms with Gasteiger partial charge in [-0.1, -0.05) is 6.92 Å². The zero-order valence-corrected chi connectivity index (χ0v) is 18.1. The smallest absolute Gasteiger partial charge is 0.254 e. The molecular weight excluding hydrogens is 377 g/mol. The Morgan fingerprint density at radius 2 is 1.73 bits per heavy atom. The second kappa shape index (κ2) is 6.71. The van der Waals surface area contributed by atoms with E-state index in [1.54, 1.807) is 6.07 Å². The number of hydrogen-bond donors (Lipinski definition) is 1. The first-order valence-electron chi connectivity index (χ1n) is 12.3. The molecule has 0 saturated heterocycles. The highest BCUT2D eigenvalue weighted by Crippen LogP contribution is 2.60.